The molecule has 0 spiro atoms. The predicted molar refractivity (Wildman–Crippen MR) is 54.1 cm³/mol. The molecule has 0 unspecified atom stereocenters. The zero-order valence-electron chi connectivity index (χ0n) is 8.78. The van der Waals surface area contributed by atoms with Gasteiger partial charge in [0.1, 0.15) is 0 Å². The quantitative estimate of drug-likeness (QED) is 0.579. The van der Waals surface area contributed by atoms with E-state index in [4.69, 9.17) is 14.6 Å². The molecule has 2 fully saturated rings. The molecule has 2 N–H and O–H groups in total. The van der Waals surface area contributed by atoms with Gasteiger partial charge in [-0.05, 0) is 0 Å². The first-order valence-corrected chi connectivity index (χ1v) is 5.15. The van der Waals surface area contributed by atoms with Crippen molar-refractivity contribution in [3.63, 3.8) is 0 Å². The Hall–Kier alpha value is -0.850. The van der Waals surface area contributed by atoms with Crippen molar-refractivity contribution in [1.29, 1.82) is 0 Å². The Bertz CT molecular complexity index is 167. The van der Waals surface area contributed by atoms with Crippen molar-refractivity contribution in [3.05, 3.63) is 0 Å². The van der Waals surface area contributed by atoms with Gasteiger partial charge in [-0.25, -0.2) is 4.79 Å². The van der Waals surface area contributed by atoms with Gasteiger partial charge in [-0.2, -0.15) is 0 Å². The molecule has 88 valence electrons. The average molecular weight is 218 g/mol. The van der Waals surface area contributed by atoms with E-state index in [2.05, 4.69) is 5.32 Å². The average Bonchev–Trinajstić information content (AvgIpc) is 2.33. The van der Waals surface area contributed by atoms with Gasteiger partial charge in [-0.3, -0.25) is 0 Å². The molecule has 15 heavy (non-hydrogen) atoms. The molecule has 0 atom stereocenters. The summed E-state index contributed by atoms with van der Waals surface area (Å²) >= 11 is 0. The van der Waals surface area contributed by atoms with Crippen molar-refractivity contribution in [2.45, 2.75) is 0 Å². The third-order valence-electron chi connectivity index (χ3n) is 2.13. The molecule has 2 aliphatic rings. The summed E-state index contributed by atoms with van der Waals surface area (Å²) in [6.45, 7) is 5.92. The van der Waals surface area contributed by atoms with Gasteiger partial charge in [0.05, 0.1) is 26.4 Å². The molecule has 0 bridgehead atoms. The van der Waals surface area contributed by atoms with Crippen LogP contribution in [0.5, 0.6) is 0 Å². The zero-order chi connectivity index (χ0) is 10.9. The van der Waals surface area contributed by atoms with E-state index in [1.807, 2.05) is 0 Å². The molecule has 0 aromatic rings. The molecule has 0 saturated carbocycles. The van der Waals surface area contributed by atoms with E-state index in [0.717, 1.165) is 39.5 Å². The third-order valence-corrected chi connectivity index (χ3v) is 2.13. The molecular weight excluding hydrogens is 200 g/mol. The van der Waals surface area contributed by atoms with Gasteiger partial charge in [-0.1, -0.05) is 0 Å². The lowest BCUT2D eigenvalue weighted by Gasteiger charge is -2.23. The maximum Gasteiger partial charge on any atom is 0.407 e. The summed E-state index contributed by atoms with van der Waals surface area (Å²) < 4.78 is 9.89. The number of ether oxygens (including phenoxy) is 2. The molecule has 2 rings (SSSR count). The van der Waals surface area contributed by atoms with Crippen LogP contribution in [-0.2, 0) is 9.47 Å². The van der Waals surface area contributed by atoms with E-state index < -0.39 is 6.09 Å². The number of hydrogen-bond acceptors (Lipinski definition) is 4. The summed E-state index contributed by atoms with van der Waals surface area (Å²) in [5.41, 5.74) is 0. The van der Waals surface area contributed by atoms with Gasteiger partial charge in [0.25, 0.3) is 0 Å². The summed E-state index contributed by atoms with van der Waals surface area (Å²) in [5, 5.41) is 11.5. The molecule has 0 aromatic heterocycles. The van der Waals surface area contributed by atoms with Gasteiger partial charge in [0, 0.05) is 26.2 Å². The fourth-order valence-corrected chi connectivity index (χ4v) is 1.30. The number of nitrogens with zero attached hydrogens (tertiary/aromatic N) is 1. The van der Waals surface area contributed by atoms with Crippen LogP contribution in [0.4, 0.5) is 4.79 Å². The second-order valence-electron chi connectivity index (χ2n) is 3.24. The third kappa shape index (κ3) is 5.56. The van der Waals surface area contributed by atoms with Crippen LogP contribution in [-0.4, -0.2) is 68.7 Å². The summed E-state index contributed by atoms with van der Waals surface area (Å²) in [4.78, 5) is 11.7. The molecule has 0 radical (unpaired) electrons. The van der Waals surface area contributed by atoms with Gasteiger partial charge in [0.2, 0.25) is 0 Å². The SMILES string of the molecule is C1COCCO1.O=C(O)N1CCNCC1. The topological polar surface area (TPSA) is 71.0 Å². The van der Waals surface area contributed by atoms with Crippen LogP contribution < -0.4 is 5.32 Å². The van der Waals surface area contributed by atoms with Crippen molar-refractivity contribution in [2.24, 2.45) is 0 Å². The van der Waals surface area contributed by atoms with Crippen molar-refractivity contribution in [1.82, 2.24) is 10.2 Å². The summed E-state index contributed by atoms with van der Waals surface area (Å²) in [5.74, 6) is 0. The number of rotatable bonds is 0. The van der Waals surface area contributed by atoms with E-state index in [0.29, 0.717) is 13.1 Å². The van der Waals surface area contributed by atoms with E-state index in [9.17, 15) is 4.79 Å². The number of amides is 1. The van der Waals surface area contributed by atoms with Crippen molar-refractivity contribution < 1.29 is 19.4 Å². The van der Waals surface area contributed by atoms with Crippen molar-refractivity contribution in [2.75, 3.05) is 52.6 Å². The standard InChI is InChI=1S/C5H10N2O2.C4H8O2/c8-5(9)7-3-1-6-2-4-7;1-2-6-4-3-5-1/h6H,1-4H2,(H,8,9);1-4H2. The maximum absolute atomic E-state index is 10.3. The van der Waals surface area contributed by atoms with Crippen LogP contribution in [0.15, 0.2) is 0 Å². The highest BCUT2D eigenvalue weighted by Gasteiger charge is 2.13. The first kappa shape index (κ1) is 12.2. The largest absolute Gasteiger partial charge is 0.465 e. The molecule has 0 aromatic carbocycles. The highest BCUT2D eigenvalue weighted by Crippen LogP contribution is 1.90. The molecule has 2 saturated heterocycles. The Kier molecular flexibility index (Phi) is 6.06. The fourth-order valence-electron chi connectivity index (χ4n) is 1.30. The van der Waals surface area contributed by atoms with Gasteiger partial charge in [0.15, 0.2) is 0 Å². The normalized spacial score (nSPS) is 21.5. The minimum absolute atomic E-state index is 0.620. The van der Waals surface area contributed by atoms with Crippen LogP contribution in [0, 0.1) is 0 Å². The van der Waals surface area contributed by atoms with E-state index >= 15 is 0 Å². The van der Waals surface area contributed by atoms with Crippen LogP contribution in [0.25, 0.3) is 0 Å². The van der Waals surface area contributed by atoms with Crippen molar-refractivity contribution in [3.8, 4) is 0 Å². The van der Waals surface area contributed by atoms with Crippen LogP contribution in [0.2, 0.25) is 0 Å². The van der Waals surface area contributed by atoms with Crippen LogP contribution in [0.1, 0.15) is 0 Å². The summed E-state index contributed by atoms with van der Waals surface area (Å²) in [6.07, 6.45) is -0.809. The number of piperazine rings is 1. The first-order chi connectivity index (χ1) is 7.30. The molecule has 2 aliphatic heterocycles. The highest BCUT2D eigenvalue weighted by atomic mass is 16.6. The monoisotopic (exact) mass is 218 g/mol. The molecule has 2 heterocycles. The summed E-state index contributed by atoms with van der Waals surface area (Å²) in [7, 11) is 0. The number of nitrogens with one attached hydrogen (secondary N) is 1. The van der Waals surface area contributed by atoms with E-state index in [-0.39, 0.29) is 0 Å². The molecule has 6 heteroatoms. The lowest BCUT2D eigenvalue weighted by Crippen LogP contribution is -2.45. The fraction of sp³-hybridized carbons (Fsp3) is 0.889. The van der Waals surface area contributed by atoms with Gasteiger partial charge >= 0.3 is 6.09 Å². The first-order valence-electron chi connectivity index (χ1n) is 5.15. The molecule has 0 aliphatic carbocycles. The Morgan fingerprint density at radius 2 is 1.53 bits per heavy atom. The lowest BCUT2D eigenvalue weighted by atomic mass is 10.4. The molecule has 6 nitrogen and oxygen atoms in total. The Morgan fingerprint density at radius 3 is 1.80 bits per heavy atom. The van der Waals surface area contributed by atoms with E-state index in [1.54, 1.807) is 0 Å². The summed E-state index contributed by atoms with van der Waals surface area (Å²) in [6, 6.07) is 0. The minimum atomic E-state index is -0.809. The Balaban J connectivity index is 0.000000162. The van der Waals surface area contributed by atoms with Crippen LogP contribution in [0.3, 0.4) is 0 Å². The Labute approximate surface area is 89.1 Å². The predicted octanol–water partition coefficient (Wildman–Crippen LogP) is -0.397. The number of carbonyl (C=O) groups is 1. The zero-order valence-corrected chi connectivity index (χ0v) is 8.78. The van der Waals surface area contributed by atoms with Crippen LogP contribution >= 0.6 is 0 Å². The smallest absolute Gasteiger partial charge is 0.407 e. The van der Waals surface area contributed by atoms with Crippen molar-refractivity contribution >= 4 is 6.09 Å². The Morgan fingerprint density at radius 1 is 1.07 bits per heavy atom. The lowest BCUT2D eigenvalue weighted by molar-refractivity contribution is -0.0334. The maximum atomic E-state index is 10.3. The van der Waals surface area contributed by atoms with Gasteiger partial charge in [-0.15, -0.1) is 0 Å². The highest BCUT2D eigenvalue weighted by molar-refractivity contribution is 5.65. The minimum Gasteiger partial charge on any atom is -0.465 e. The molecule has 1 amide bonds. The second kappa shape index (κ2) is 7.44. The number of carboxylic acid groups (broad SMARTS) is 1. The second-order valence-corrected chi connectivity index (χ2v) is 3.24. The molecular formula is C9H18N2O4. The van der Waals surface area contributed by atoms with Gasteiger partial charge < -0.3 is 24.8 Å². The number of hydrogen-bond donors (Lipinski definition) is 2. The van der Waals surface area contributed by atoms with E-state index in [1.165, 1.54) is 4.90 Å².